The van der Waals surface area contributed by atoms with Gasteiger partial charge in [-0.25, -0.2) is 4.79 Å². The first-order valence-corrected chi connectivity index (χ1v) is 7.17. The first-order valence-electron chi connectivity index (χ1n) is 7.17. The van der Waals surface area contributed by atoms with E-state index in [2.05, 4.69) is 12.0 Å². The Morgan fingerprint density at radius 2 is 1.91 bits per heavy atom. The first-order chi connectivity index (χ1) is 10.4. The zero-order chi connectivity index (χ0) is 16.3. The molecule has 1 aliphatic heterocycles. The number of nitrogens with one attached hydrogen (secondary N) is 1. The number of rotatable bonds is 5. The highest BCUT2D eigenvalue weighted by Crippen LogP contribution is 2.36. The summed E-state index contributed by atoms with van der Waals surface area (Å²) >= 11 is 0. The molecule has 6 nitrogen and oxygen atoms in total. The van der Waals surface area contributed by atoms with Gasteiger partial charge >= 0.3 is 5.97 Å². The lowest BCUT2D eigenvalue weighted by Crippen LogP contribution is -2.48. The molecule has 118 valence electrons. The van der Waals surface area contributed by atoms with Crippen molar-refractivity contribution in [3.05, 3.63) is 30.9 Å². The van der Waals surface area contributed by atoms with Crippen molar-refractivity contribution in [1.29, 1.82) is 0 Å². The van der Waals surface area contributed by atoms with E-state index in [4.69, 9.17) is 4.74 Å². The van der Waals surface area contributed by atoms with Crippen LogP contribution in [0.4, 0.5) is 11.4 Å². The number of nitrogens with zero attached hydrogens (tertiary/aromatic N) is 2. The highest BCUT2D eigenvalue weighted by atomic mass is 16.5. The van der Waals surface area contributed by atoms with E-state index < -0.39 is 12.0 Å². The molecule has 1 N–H and O–H groups in total. The zero-order valence-electron chi connectivity index (χ0n) is 13.3. The van der Waals surface area contributed by atoms with Gasteiger partial charge in [-0.15, -0.1) is 0 Å². The molecule has 1 unspecified atom stereocenters. The molecule has 2 radical (unpaired) electrons. The summed E-state index contributed by atoms with van der Waals surface area (Å²) in [6.07, 6.45) is 0. The zero-order valence-corrected chi connectivity index (χ0v) is 13.3. The van der Waals surface area contributed by atoms with Crippen molar-refractivity contribution in [2.75, 3.05) is 30.5 Å². The molecular weight excluding hydrogens is 282 g/mol. The topological polar surface area (TPSA) is 61.9 Å². The summed E-state index contributed by atoms with van der Waals surface area (Å²) in [4.78, 5) is 27.5. The van der Waals surface area contributed by atoms with E-state index in [1.165, 1.54) is 7.11 Å². The van der Waals surface area contributed by atoms with Crippen molar-refractivity contribution in [2.24, 2.45) is 5.92 Å². The Kier molecular flexibility index (Phi) is 4.90. The SMILES string of the molecule is COC(=O)C(NC(=O)CN1[C]N(C)c2ccccc21)C(C)C. The van der Waals surface area contributed by atoms with Crippen LogP contribution in [0.25, 0.3) is 0 Å². The normalized spacial score (nSPS) is 14.8. The van der Waals surface area contributed by atoms with Crippen LogP contribution in [-0.4, -0.2) is 38.6 Å². The number of carbonyl (C=O) groups excluding carboxylic acids is 2. The summed E-state index contributed by atoms with van der Waals surface area (Å²) in [7, 11) is 3.19. The first kappa shape index (κ1) is 16.1. The summed E-state index contributed by atoms with van der Waals surface area (Å²) in [5, 5.41) is 2.73. The maximum absolute atomic E-state index is 12.2. The summed E-state index contributed by atoms with van der Waals surface area (Å²) in [5.41, 5.74) is 1.91. The molecule has 0 aromatic heterocycles. The van der Waals surface area contributed by atoms with Gasteiger partial charge in [0, 0.05) is 7.05 Å². The van der Waals surface area contributed by atoms with E-state index in [9.17, 15) is 9.59 Å². The van der Waals surface area contributed by atoms with Crippen molar-refractivity contribution in [2.45, 2.75) is 19.9 Å². The molecule has 1 aromatic rings. The number of ether oxygens (including phenoxy) is 1. The maximum atomic E-state index is 12.2. The second kappa shape index (κ2) is 6.68. The molecule has 0 bridgehead atoms. The van der Waals surface area contributed by atoms with Crippen molar-refractivity contribution in [1.82, 2.24) is 5.32 Å². The number of anilines is 2. The lowest BCUT2D eigenvalue weighted by molar-refractivity contribution is -0.146. The van der Waals surface area contributed by atoms with Crippen molar-refractivity contribution >= 4 is 23.3 Å². The number of methoxy groups -OCH3 is 1. The second-order valence-electron chi connectivity index (χ2n) is 5.55. The Morgan fingerprint density at radius 3 is 2.50 bits per heavy atom. The monoisotopic (exact) mass is 303 g/mol. The van der Waals surface area contributed by atoms with Crippen LogP contribution in [0.3, 0.4) is 0 Å². The molecule has 1 heterocycles. The standard InChI is InChI=1S/C16H21N3O3/c1-11(2)15(16(21)22-4)17-14(20)9-19-10-18(3)12-7-5-6-8-13(12)19/h5-8,11,15H,9H2,1-4H3,(H,17,20). The van der Waals surface area contributed by atoms with Gasteiger partial charge in [0.1, 0.15) is 6.04 Å². The molecule has 0 spiro atoms. The van der Waals surface area contributed by atoms with Gasteiger partial charge in [0.15, 0.2) is 0 Å². The minimum Gasteiger partial charge on any atom is -0.467 e. The van der Waals surface area contributed by atoms with Gasteiger partial charge in [-0.2, -0.15) is 0 Å². The average molecular weight is 303 g/mol. The molecule has 1 aromatic carbocycles. The highest BCUT2D eigenvalue weighted by molar-refractivity contribution is 5.90. The summed E-state index contributed by atoms with van der Waals surface area (Å²) < 4.78 is 4.73. The van der Waals surface area contributed by atoms with E-state index in [0.29, 0.717) is 0 Å². The number of fused-ring (bicyclic) bond motifs is 1. The number of para-hydroxylation sites is 2. The van der Waals surface area contributed by atoms with E-state index in [1.54, 1.807) is 4.90 Å². The van der Waals surface area contributed by atoms with Crippen LogP contribution in [0.2, 0.25) is 0 Å². The Hall–Kier alpha value is -2.24. The van der Waals surface area contributed by atoms with Crippen LogP contribution in [0.15, 0.2) is 24.3 Å². The van der Waals surface area contributed by atoms with Gasteiger partial charge in [0.2, 0.25) is 12.6 Å². The van der Waals surface area contributed by atoms with E-state index in [1.807, 2.05) is 50.1 Å². The molecule has 0 aliphatic carbocycles. The Balaban J connectivity index is 2.02. The van der Waals surface area contributed by atoms with Crippen molar-refractivity contribution in [3.63, 3.8) is 0 Å². The Bertz CT molecular complexity index is 559. The van der Waals surface area contributed by atoms with Gasteiger partial charge in [-0.3, -0.25) is 4.79 Å². The molecule has 0 fully saturated rings. The molecule has 22 heavy (non-hydrogen) atoms. The van der Waals surface area contributed by atoms with Crippen LogP contribution >= 0.6 is 0 Å². The smallest absolute Gasteiger partial charge is 0.328 e. The van der Waals surface area contributed by atoms with Crippen LogP contribution in [-0.2, 0) is 14.3 Å². The van der Waals surface area contributed by atoms with Crippen molar-refractivity contribution in [3.8, 4) is 0 Å². The Labute approximate surface area is 131 Å². The van der Waals surface area contributed by atoms with Gasteiger partial charge in [0.25, 0.3) is 0 Å². The van der Waals surface area contributed by atoms with Gasteiger partial charge in [-0.1, -0.05) is 26.0 Å². The number of carbonyl (C=O) groups is 2. The molecule has 1 atom stereocenters. The fraction of sp³-hybridized carbons (Fsp3) is 0.438. The maximum Gasteiger partial charge on any atom is 0.328 e. The van der Waals surface area contributed by atoms with Gasteiger partial charge in [0.05, 0.1) is 25.0 Å². The van der Waals surface area contributed by atoms with Crippen LogP contribution in [0, 0.1) is 12.6 Å². The largest absolute Gasteiger partial charge is 0.467 e. The molecule has 1 amide bonds. The third-order valence-electron chi connectivity index (χ3n) is 3.54. The Morgan fingerprint density at radius 1 is 1.27 bits per heavy atom. The van der Waals surface area contributed by atoms with Crippen LogP contribution < -0.4 is 15.1 Å². The number of benzene rings is 1. The number of hydrogen-bond donors (Lipinski definition) is 1. The lowest BCUT2D eigenvalue weighted by atomic mass is 10.0. The van der Waals surface area contributed by atoms with Gasteiger partial charge in [-0.05, 0) is 18.1 Å². The molecular formula is C16H21N3O3. The lowest BCUT2D eigenvalue weighted by Gasteiger charge is -2.22. The van der Waals surface area contributed by atoms with E-state index in [0.717, 1.165) is 11.4 Å². The molecule has 2 rings (SSSR count). The average Bonchev–Trinajstić information content (AvgIpc) is 2.80. The van der Waals surface area contributed by atoms with Gasteiger partial charge < -0.3 is 19.9 Å². The van der Waals surface area contributed by atoms with Crippen LogP contribution in [0.1, 0.15) is 13.8 Å². The fourth-order valence-corrected chi connectivity index (χ4v) is 2.37. The quantitative estimate of drug-likeness (QED) is 0.830. The third-order valence-corrected chi connectivity index (χ3v) is 3.54. The molecule has 6 heteroatoms. The molecule has 0 saturated heterocycles. The molecule has 0 saturated carbocycles. The summed E-state index contributed by atoms with van der Waals surface area (Å²) in [6, 6.07) is 7.10. The third kappa shape index (κ3) is 3.32. The number of hydrogen-bond acceptors (Lipinski definition) is 5. The van der Waals surface area contributed by atoms with Crippen LogP contribution in [0.5, 0.6) is 0 Å². The minimum absolute atomic E-state index is 0.0436. The van der Waals surface area contributed by atoms with Crippen molar-refractivity contribution < 1.29 is 14.3 Å². The highest BCUT2D eigenvalue weighted by Gasteiger charge is 2.29. The predicted molar refractivity (Wildman–Crippen MR) is 84.2 cm³/mol. The fourth-order valence-electron chi connectivity index (χ4n) is 2.37. The summed E-state index contributed by atoms with van der Waals surface area (Å²) in [6.45, 7) is 6.90. The summed E-state index contributed by atoms with van der Waals surface area (Å²) in [5.74, 6) is -0.727. The second-order valence-corrected chi connectivity index (χ2v) is 5.55. The number of amides is 1. The van der Waals surface area contributed by atoms with E-state index in [-0.39, 0.29) is 18.4 Å². The minimum atomic E-state index is -0.645. The van der Waals surface area contributed by atoms with E-state index >= 15 is 0 Å². The molecule has 1 aliphatic rings. The number of esters is 1. The predicted octanol–water partition coefficient (Wildman–Crippen LogP) is 1.25.